The van der Waals surface area contributed by atoms with E-state index < -0.39 is 10.1 Å². The first-order chi connectivity index (χ1) is 10.5. The molecule has 0 atom stereocenters. The van der Waals surface area contributed by atoms with E-state index in [0.717, 1.165) is 16.3 Å². The third-order valence-electron chi connectivity index (χ3n) is 4.31. The lowest BCUT2D eigenvalue weighted by Gasteiger charge is -2.21. The molecule has 0 aliphatic rings. The molecule has 2 rings (SSSR count). The zero-order chi connectivity index (χ0) is 17.5. The second-order valence-electron chi connectivity index (χ2n) is 7.12. The van der Waals surface area contributed by atoms with Gasteiger partial charge in [0.2, 0.25) is 0 Å². The van der Waals surface area contributed by atoms with E-state index in [0.29, 0.717) is 11.5 Å². The summed E-state index contributed by atoms with van der Waals surface area (Å²) in [5, 5.41) is 2.01. The highest BCUT2D eigenvalue weighted by Crippen LogP contribution is 2.38. The average Bonchev–Trinajstić information content (AvgIpc) is 2.43. The third kappa shape index (κ3) is 3.43. The molecule has 4 heteroatoms. The van der Waals surface area contributed by atoms with Gasteiger partial charge in [-0.3, -0.25) is 4.55 Å². The van der Waals surface area contributed by atoms with Gasteiger partial charge in [-0.2, -0.15) is 8.42 Å². The average molecular weight is 334 g/mol. The summed E-state index contributed by atoms with van der Waals surface area (Å²) in [4.78, 5) is 0.0270. The van der Waals surface area contributed by atoms with Crippen LogP contribution in [0, 0.1) is 0 Å². The Balaban J connectivity index is 3.03. The second kappa shape index (κ2) is 6.25. The van der Waals surface area contributed by atoms with Crippen molar-refractivity contribution in [2.45, 2.75) is 64.2 Å². The van der Waals surface area contributed by atoms with Gasteiger partial charge in [0, 0.05) is 0 Å². The van der Waals surface area contributed by atoms with Crippen LogP contribution in [0.2, 0.25) is 0 Å². The van der Waals surface area contributed by atoms with E-state index in [1.807, 2.05) is 19.9 Å². The molecule has 0 amide bonds. The highest BCUT2D eigenvalue weighted by molar-refractivity contribution is 7.85. The van der Waals surface area contributed by atoms with Crippen molar-refractivity contribution >= 4 is 20.9 Å². The molecule has 2 aromatic rings. The molecule has 2 aromatic carbocycles. The van der Waals surface area contributed by atoms with Gasteiger partial charge in [0.25, 0.3) is 10.1 Å². The summed E-state index contributed by atoms with van der Waals surface area (Å²) in [6.45, 7) is 12.5. The largest absolute Gasteiger partial charge is 0.294 e. The summed E-state index contributed by atoms with van der Waals surface area (Å²) in [7, 11) is -4.24. The van der Waals surface area contributed by atoms with Gasteiger partial charge >= 0.3 is 0 Å². The quantitative estimate of drug-likeness (QED) is 0.756. The van der Waals surface area contributed by atoms with Gasteiger partial charge in [-0.1, -0.05) is 59.7 Å². The van der Waals surface area contributed by atoms with E-state index in [1.165, 1.54) is 11.6 Å². The van der Waals surface area contributed by atoms with Gasteiger partial charge in [-0.25, -0.2) is 0 Å². The van der Waals surface area contributed by atoms with Gasteiger partial charge in [-0.05, 0) is 51.3 Å². The van der Waals surface area contributed by atoms with E-state index in [-0.39, 0.29) is 16.7 Å². The number of fused-ring (bicyclic) bond motifs is 1. The first kappa shape index (κ1) is 18.0. The molecule has 0 heterocycles. The molecular weight excluding hydrogens is 308 g/mol. The zero-order valence-electron chi connectivity index (χ0n) is 14.7. The third-order valence-corrected chi connectivity index (χ3v) is 5.23. The number of hydrogen-bond acceptors (Lipinski definition) is 2. The molecule has 0 radical (unpaired) electrons. The minimum Gasteiger partial charge on any atom is -0.282 e. The molecule has 23 heavy (non-hydrogen) atoms. The Hall–Kier alpha value is -1.39. The van der Waals surface area contributed by atoms with Gasteiger partial charge < -0.3 is 0 Å². The van der Waals surface area contributed by atoms with Crippen LogP contribution in [0.5, 0.6) is 0 Å². The topological polar surface area (TPSA) is 54.4 Å². The fraction of sp³-hybridized carbons (Fsp3) is 0.474. The number of rotatable bonds is 4. The normalized spacial score (nSPS) is 12.8. The van der Waals surface area contributed by atoms with Crippen LogP contribution in [-0.2, 0) is 10.1 Å². The van der Waals surface area contributed by atoms with Crippen LogP contribution in [0.3, 0.4) is 0 Å². The van der Waals surface area contributed by atoms with Crippen molar-refractivity contribution in [3.8, 4) is 0 Å². The highest BCUT2D eigenvalue weighted by Gasteiger charge is 2.23. The fourth-order valence-corrected chi connectivity index (χ4v) is 3.98. The van der Waals surface area contributed by atoms with Crippen LogP contribution >= 0.6 is 0 Å². The fourth-order valence-electron chi connectivity index (χ4n) is 3.12. The zero-order valence-corrected chi connectivity index (χ0v) is 15.5. The van der Waals surface area contributed by atoms with Crippen LogP contribution < -0.4 is 0 Å². The van der Waals surface area contributed by atoms with E-state index in [9.17, 15) is 13.0 Å². The van der Waals surface area contributed by atoms with Crippen molar-refractivity contribution in [2.24, 2.45) is 0 Å². The molecule has 126 valence electrons. The molecule has 0 bridgehead atoms. The smallest absolute Gasteiger partial charge is 0.282 e. The minimum absolute atomic E-state index is 0.00183. The monoisotopic (exact) mass is 334 g/mol. The highest BCUT2D eigenvalue weighted by atomic mass is 32.2. The number of hydrogen-bond donors (Lipinski definition) is 1. The molecule has 0 saturated carbocycles. The maximum absolute atomic E-state index is 11.8. The predicted octanol–water partition coefficient (Wildman–Crippen LogP) is 5.46. The molecule has 0 aliphatic carbocycles. The maximum atomic E-state index is 11.8. The Labute approximate surface area is 139 Å². The summed E-state index contributed by atoms with van der Waals surface area (Å²) >= 11 is 0. The van der Waals surface area contributed by atoms with Crippen molar-refractivity contribution < 1.29 is 13.0 Å². The Morgan fingerprint density at radius 3 is 1.91 bits per heavy atom. The molecule has 0 saturated heterocycles. The molecule has 0 aromatic heterocycles. The lowest BCUT2D eigenvalue weighted by Crippen LogP contribution is -2.07. The molecular formula is C19H26O3S. The van der Waals surface area contributed by atoms with Crippen molar-refractivity contribution in [3.05, 3.63) is 41.0 Å². The van der Waals surface area contributed by atoms with Gasteiger partial charge in [-0.15, -0.1) is 0 Å². The summed E-state index contributed by atoms with van der Waals surface area (Å²) in [6.07, 6.45) is 0. The lowest BCUT2D eigenvalue weighted by atomic mass is 9.85. The van der Waals surface area contributed by atoms with E-state index in [4.69, 9.17) is 0 Å². The SMILES string of the molecule is CC(C)c1cc(C(C)C)c2c(C(C)C)c(S(=O)(=O)O)ccc2c1. The molecule has 0 unspecified atom stereocenters. The molecule has 0 fully saturated rings. The van der Waals surface area contributed by atoms with Crippen LogP contribution in [0.4, 0.5) is 0 Å². The standard InChI is InChI=1S/C19H26O3S/c1-11(2)15-9-14-7-8-17(23(20,21)22)18(13(5)6)19(14)16(10-15)12(3)4/h7-13H,1-6H3,(H,20,21,22). The van der Waals surface area contributed by atoms with Gasteiger partial charge in [0.05, 0.1) is 4.90 Å². The Kier molecular flexibility index (Phi) is 4.88. The first-order valence-corrected chi connectivity index (χ1v) is 9.56. The summed E-state index contributed by atoms with van der Waals surface area (Å²) in [6, 6.07) is 7.64. The minimum atomic E-state index is -4.24. The Bertz CT molecular complexity index is 831. The van der Waals surface area contributed by atoms with Crippen molar-refractivity contribution in [1.82, 2.24) is 0 Å². The molecule has 0 spiro atoms. The van der Waals surface area contributed by atoms with Gasteiger partial charge in [0.1, 0.15) is 0 Å². The molecule has 1 N–H and O–H groups in total. The molecule has 3 nitrogen and oxygen atoms in total. The lowest BCUT2D eigenvalue weighted by molar-refractivity contribution is 0.481. The van der Waals surface area contributed by atoms with Crippen molar-refractivity contribution in [1.29, 1.82) is 0 Å². The predicted molar refractivity (Wildman–Crippen MR) is 96.0 cm³/mol. The maximum Gasteiger partial charge on any atom is 0.294 e. The Morgan fingerprint density at radius 1 is 0.870 bits per heavy atom. The summed E-state index contributed by atoms with van der Waals surface area (Å²) in [5.74, 6) is 0.670. The van der Waals surface area contributed by atoms with Crippen LogP contribution in [0.1, 0.15) is 76.0 Å². The number of benzene rings is 2. The Morgan fingerprint density at radius 2 is 1.48 bits per heavy atom. The van der Waals surface area contributed by atoms with Crippen molar-refractivity contribution in [3.63, 3.8) is 0 Å². The van der Waals surface area contributed by atoms with E-state index in [2.05, 4.69) is 39.8 Å². The second-order valence-corrected chi connectivity index (χ2v) is 8.51. The van der Waals surface area contributed by atoms with Crippen LogP contribution in [-0.4, -0.2) is 13.0 Å². The van der Waals surface area contributed by atoms with Crippen LogP contribution in [0.25, 0.3) is 10.8 Å². The van der Waals surface area contributed by atoms with Crippen LogP contribution in [0.15, 0.2) is 29.2 Å². The summed E-state index contributed by atoms with van der Waals surface area (Å²) in [5.41, 5.74) is 3.10. The summed E-state index contributed by atoms with van der Waals surface area (Å²) < 4.78 is 33.3. The molecule has 0 aliphatic heterocycles. The van der Waals surface area contributed by atoms with E-state index >= 15 is 0 Å². The van der Waals surface area contributed by atoms with E-state index in [1.54, 1.807) is 0 Å². The van der Waals surface area contributed by atoms with Gasteiger partial charge in [0.15, 0.2) is 0 Å². The van der Waals surface area contributed by atoms with Crippen molar-refractivity contribution in [2.75, 3.05) is 0 Å². The first-order valence-electron chi connectivity index (χ1n) is 8.12.